The van der Waals surface area contributed by atoms with Gasteiger partial charge in [0.2, 0.25) is 0 Å². The summed E-state index contributed by atoms with van der Waals surface area (Å²) in [4.78, 5) is 0. The molecule has 0 saturated carbocycles. The minimum atomic E-state index is -0.251. The van der Waals surface area contributed by atoms with Gasteiger partial charge in [-0.3, -0.25) is 4.68 Å². The number of hydrogen-bond acceptors (Lipinski definition) is 3. The average Bonchev–Trinajstić information content (AvgIpc) is 2.73. The normalized spacial score (nSPS) is 12.4. The van der Waals surface area contributed by atoms with Crippen LogP contribution in [0.15, 0.2) is 30.3 Å². The molecule has 0 fully saturated rings. The lowest BCUT2D eigenvalue weighted by molar-refractivity contribution is 0.185. The highest BCUT2D eigenvalue weighted by Crippen LogP contribution is 2.15. The molecule has 0 aliphatic heterocycles. The molecule has 1 unspecified atom stereocenters. The summed E-state index contributed by atoms with van der Waals surface area (Å²) in [5, 5.41) is 13.6. The maximum Gasteiger partial charge on any atom is 0.130 e. The third-order valence-corrected chi connectivity index (χ3v) is 3.26. The zero-order valence-electron chi connectivity index (χ0n) is 12.3. The highest BCUT2D eigenvalue weighted by molar-refractivity contribution is 5.27. The topological polar surface area (TPSA) is 47.3 Å². The van der Waals surface area contributed by atoms with Crippen molar-refractivity contribution in [3.05, 3.63) is 47.3 Å². The first-order valence-corrected chi connectivity index (χ1v) is 6.94. The fourth-order valence-corrected chi connectivity index (χ4v) is 2.08. The molecule has 0 saturated heterocycles. The highest BCUT2D eigenvalue weighted by Gasteiger charge is 2.03. The van der Waals surface area contributed by atoms with E-state index in [2.05, 4.69) is 5.10 Å². The minimum Gasteiger partial charge on any atom is -0.487 e. The number of nitrogens with zero attached hydrogens (tertiary/aromatic N) is 2. The number of ether oxygens (including phenoxy) is 1. The van der Waals surface area contributed by atoms with Gasteiger partial charge in [-0.2, -0.15) is 5.10 Å². The van der Waals surface area contributed by atoms with Gasteiger partial charge in [-0.1, -0.05) is 12.1 Å². The van der Waals surface area contributed by atoms with Crippen LogP contribution >= 0.6 is 0 Å². The van der Waals surface area contributed by atoms with Gasteiger partial charge in [-0.05, 0) is 50.5 Å². The molecule has 0 aliphatic rings. The summed E-state index contributed by atoms with van der Waals surface area (Å²) < 4.78 is 7.60. The molecule has 4 heteroatoms. The smallest absolute Gasteiger partial charge is 0.130 e. The van der Waals surface area contributed by atoms with Crippen molar-refractivity contribution < 1.29 is 9.84 Å². The molecule has 108 valence electrons. The van der Waals surface area contributed by atoms with Crippen LogP contribution in [0.4, 0.5) is 0 Å². The average molecular weight is 274 g/mol. The van der Waals surface area contributed by atoms with E-state index in [0.717, 1.165) is 30.0 Å². The standard InChI is InChI=1S/C16H22N2O2/c1-12-10-15(18(3)17-12)11-20-16-8-6-14(7-9-16)5-4-13(2)19/h6-10,13,19H,4-5,11H2,1-3H3. The van der Waals surface area contributed by atoms with E-state index < -0.39 is 0 Å². The van der Waals surface area contributed by atoms with Crippen LogP contribution in [-0.4, -0.2) is 21.0 Å². The van der Waals surface area contributed by atoms with Crippen LogP contribution in [0.1, 0.15) is 30.3 Å². The summed E-state index contributed by atoms with van der Waals surface area (Å²) >= 11 is 0. The van der Waals surface area contributed by atoms with E-state index in [0.29, 0.717) is 6.61 Å². The molecular weight excluding hydrogens is 252 g/mol. The van der Waals surface area contributed by atoms with Crippen molar-refractivity contribution in [2.45, 2.75) is 39.4 Å². The lowest BCUT2D eigenvalue weighted by atomic mass is 10.1. The molecule has 0 spiro atoms. The van der Waals surface area contributed by atoms with E-state index in [9.17, 15) is 5.11 Å². The van der Waals surface area contributed by atoms with Gasteiger partial charge in [-0.25, -0.2) is 0 Å². The van der Waals surface area contributed by atoms with Gasteiger partial charge in [0.05, 0.1) is 17.5 Å². The predicted octanol–water partition coefficient (Wildman–Crippen LogP) is 2.62. The van der Waals surface area contributed by atoms with Gasteiger partial charge < -0.3 is 9.84 Å². The maximum atomic E-state index is 9.27. The fourth-order valence-electron chi connectivity index (χ4n) is 2.08. The fraction of sp³-hybridized carbons (Fsp3) is 0.438. The Morgan fingerprint density at radius 1 is 1.30 bits per heavy atom. The monoisotopic (exact) mass is 274 g/mol. The zero-order valence-corrected chi connectivity index (χ0v) is 12.3. The second-order valence-corrected chi connectivity index (χ2v) is 5.22. The first-order valence-electron chi connectivity index (χ1n) is 6.94. The second kappa shape index (κ2) is 6.57. The van der Waals surface area contributed by atoms with E-state index in [1.54, 1.807) is 0 Å². The number of benzene rings is 1. The van der Waals surface area contributed by atoms with Crippen molar-refractivity contribution in [2.24, 2.45) is 7.05 Å². The van der Waals surface area contributed by atoms with Gasteiger partial charge >= 0.3 is 0 Å². The molecule has 0 aliphatic carbocycles. The van der Waals surface area contributed by atoms with Gasteiger partial charge in [0.1, 0.15) is 12.4 Å². The third-order valence-electron chi connectivity index (χ3n) is 3.26. The Balaban J connectivity index is 1.89. The van der Waals surface area contributed by atoms with E-state index in [-0.39, 0.29) is 6.10 Å². The van der Waals surface area contributed by atoms with E-state index in [1.807, 2.05) is 55.9 Å². The summed E-state index contributed by atoms with van der Waals surface area (Å²) in [6.07, 6.45) is 1.42. The summed E-state index contributed by atoms with van der Waals surface area (Å²) in [6, 6.07) is 10.1. The van der Waals surface area contributed by atoms with Crippen LogP contribution in [0.2, 0.25) is 0 Å². The van der Waals surface area contributed by atoms with Gasteiger partial charge in [0.15, 0.2) is 0 Å². The predicted molar refractivity (Wildman–Crippen MR) is 78.7 cm³/mol. The molecule has 2 aromatic rings. The Hall–Kier alpha value is -1.81. The van der Waals surface area contributed by atoms with Crippen LogP contribution in [0.3, 0.4) is 0 Å². The van der Waals surface area contributed by atoms with Crippen molar-refractivity contribution in [1.29, 1.82) is 0 Å². The van der Waals surface area contributed by atoms with Gasteiger partial charge in [0.25, 0.3) is 0 Å². The Bertz CT molecular complexity index is 544. The van der Waals surface area contributed by atoms with Crippen molar-refractivity contribution in [3.8, 4) is 5.75 Å². The van der Waals surface area contributed by atoms with Crippen LogP contribution in [-0.2, 0) is 20.1 Å². The SMILES string of the molecule is Cc1cc(COc2ccc(CCC(C)O)cc2)n(C)n1. The van der Waals surface area contributed by atoms with Crippen molar-refractivity contribution >= 4 is 0 Å². The molecule has 1 atom stereocenters. The molecule has 0 radical (unpaired) electrons. The number of aliphatic hydroxyl groups is 1. The highest BCUT2D eigenvalue weighted by atomic mass is 16.5. The van der Waals surface area contributed by atoms with Crippen molar-refractivity contribution in [1.82, 2.24) is 9.78 Å². The molecule has 1 heterocycles. The number of aryl methyl sites for hydroxylation is 3. The Morgan fingerprint density at radius 2 is 2.00 bits per heavy atom. The molecule has 4 nitrogen and oxygen atoms in total. The first kappa shape index (κ1) is 14.6. The molecule has 1 N–H and O–H groups in total. The molecule has 20 heavy (non-hydrogen) atoms. The first-order chi connectivity index (χ1) is 9.54. The van der Waals surface area contributed by atoms with E-state index in [4.69, 9.17) is 4.74 Å². The molecule has 0 bridgehead atoms. The molecule has 1 aromatic carbocycles. The summed E-state index contributed by atoms with van der Waals surface area (Å²) in [7, 11) is 1.92. The third kappa shape index (κ3) is 4.10. The maximum absolute atomic E-state index is 9.27. The summed E-state index contributed by atoms with van der Waals surface area (Å²) in [5.74, 6) is 0.852. The second-order valence-electron chi connectivity index (χ2n) is 5.22. The lowest BCUT2D eigenvalue weighted by Gasteiger charge is -2.08. The number of hydrogen-bond donors (Lipinski definition) is 1. The Labute approximate surface area is 120 Å². The molecule has 1 aromatic heterocycles. The van der Waals surface area contributed by atoms with E-state index >= 15 is 0 Å². The quantitative estimate of drug-likeness (QED) is 0.881. The molecule has 2 rings (SSSR count). The Kier molecular flexibility index (Phi) is 4.79. The van der Waals surface area contributed by atoms with Gasteiger partial charge in [0, 0.05) is 7.05 Å². The summed E-state index contributed by atoms with van der Waals surface area (Å²) in [6.45, 7) is 4.30. The van der Waals surface area contributed by atoms with E-state index in [1.165, 1.54) is 5.56 Å². The number of aromatic nitrogens is 2. The zero-order chi connectivity index (χ0) is 14.5. The number of aliphatic hydroxyl groups excluding tert-OH is 1. The number of rotatable bonds is 6. The summed E-state index contributed by atoms with van der Waals surface area (Å²) in [5.41, 5.74) is 3.27. The van der Waals surface area contributed by atoms with Gasteiger partial charge in [-0.15, -0.1) is 0 Å². The van der Waals surface area contributed by atoms with Crippen LogP contribution in [0.5, 0.6) is 5.75 Å². The van der Waals surface area contributed by atoms with Crippen LogP contribution in [0.25, 0.3) is 0 Å². The Morgan fingerprint density at radius 3 is 2.55 bits per heavy atom. The largest absolute Gasteiger partial charge is 0.487 e. The van der Waals surface area contributed by atoms with Crippen molar-refractivity contribution in [3.63, 3.8) is 0 Å². The lowest BCUT2D eigenvalue weighted by Crippen LogP contribution is -2.03. The van der Waals surface area contributed by atoms with Crippen LogP contribution in [0, 0.1) is 6.92 Å². The molecular formula is C16H22N2O2. The van der Waals surface area contributed by atoms with Crippen molar-refractivity contribution in [2.75, 3.05) is 0 Å². The molecule has 0 amide bonds. The van der Waals surface area contributed by atoms with Crippen LogP contribution < -0.4 is 4.74 Å². The minimum absolute atomic E-state index is 0.251.